The fourth-order valence-electron chi connectivity index (χ4n) is 1.27. The van der Waals surface area contributed by atoms with Gasteiger partial charge < -0.3 is 10.1 Å². The highest BCUT2D eigenvalue weighted by atomic mass is 35.5. The zero-order valence-electron chi connectivity index (χ0n) is 9.12. The second-order valence-corrected chi connectivity index (χ2v) is 3.84. The fourth-order valence-corrected chi connectivity index (χ4v) is 1.63. The van der Waals surface area contributed by atoms with Gasteiger partial charge in [0.25, 0.3) is 0 Å². The number of anilines is 2. The number of ether oxygens (including phenoxy) is 1. The van der Waals surface area contributed by atoms with Crippen molar-refractivity contribution >= 4 is 34.8 Å². The van der Waals surface area contributed by atoms with E-state index in [9.17, 15) is 4.39 Å². The van der Waals surface area contributed by atoms with Crippen LogP contribution < -0.4 is 10.1 Å². The molecule has 1 heterocycles. The van der Waals surface area contributed by atoms with Crippen molar-refractivity contribution in [2.45, 2.75) is 0 Å². The number of rotatable bonds is 3. The van der Waals surface area contributed by atoms with Crippen LogP contribution in [0.3, 0.4) is 0 Å². The van der Waals surface area contributed by atoms with Crippen LogP contribution in [0.25, 0.3) is 0 Å². The van der Waals surface area contributed by atoms with Gasteiger partial charge in [0.1, 0.15) is 11.6 Å². The molecule has 5 nitrogen and oxygen atoms in total. The number of nitrogens with one attached hydrogen (secondary N) is 1. The van der Waals surface area contributed by atoms with Gasteiger partial charge in [-0.1, -0.05) is 0 Å². The van der Waals surface area contributed by atoms with E-state index in [-0.39, 0.29) is 16.5 Å². The van der Waals surface area contributed by atoms with Crippen LogP contribution in [0.5, 0.6) is 5.75 Å². The summed E-state index contributed by atoms with van der Waals surface area (Å²) in [5.41, 5.74) is 0.484. The summed E-state index contributed by atoms with van der Waals surface area (Å²) in [6, 6.07) is 3.99. The third-order valence-corrected chi connectivity index (χ3v) is 2.33. The zero-order valence-corrected chi connectivity index (χ0v) is 10.6. The zero-order chi connectivity index (χ0) is 13.1. The van der Waals surface area contributed by atoms with E-state index in [4.69, 9.17) is 27.9 Å². The first-order valence-electron chi connectivity index (χ1n) is 4.76. The minimum atomic E-state index is -0.413. The van der Waals surface area contributed by atoms with Gasteiger partial charge >= 0.3 is 0 Å². The molecule has 1 N–H and O–H groups in total. The Kier molecular flexibility index (Phi) is 3.78. The monoisotopic (exact) mass is 288 g/mol. The lowest BCUT2D eigenvalue weighted by Gasteiger charge is -2.09. The molecule has 0 radical (unpaired) electrons. The lowest BCUT2D eigenvalue weighted by molar-refractivity contribution is 0.413. The van der Waals surface area contributed by atoms with Gasteiger partial charge in [0.05, 0.1) is 12.8 Å². The average molecular weight is 289 g/mol. The summed E-state index contributed by atoms with van der Waals surface area (Å²) >= 11 is 11.3. The molecule has 0 aliphatic rings. The van der Waals surface area contributed by atoms with Crippen molar-refractivity contribution in [3.8, 4) is 5.75 Å². The molecule has 0 amide bonds. The van der Waals surface area contributed by atoms with Crippen molar-refractivity contribution in [2.75, 3.05) is 12.4 Å². The Morgan fingerprint density at radius 2 is 1.83 bits per heavy atom. The quantitative estimate of drug-likeness (QED) is 0.941. The van der Waals surface area contributed by atoms with Gasteiger partial charge in [-0.15, -0.1) is 0 Å². The van der Waals surface area contributed by atoms with Crippen LogP contribution in [0.15, 0.2) is 18.2 Å². The molecule has 8 heteroatoms. The SMILES string of the molecule is COc1cc(F)ccc1Nc1nc(Cl)nc(Cl)n1. The Morgan fingerprint density at radius 3 is 2.44 bits per heavy atom. The lowest BCUT2D eigenvalue weighted by atomic mass is 10.3. The van der Waals surface area contributed by atoms with Crippen LogP contribution in [-0.2, 0) is 0 Å². The molecule has 0 aliphatic heterocycles. The van der Waals surface area contributed by atoms with Gasteiger partial charge in [-0.2, -0.15) is 15.0 Å². The van der Waals surface area contributed by atoms with Gasteiger partial charge in [-0.05, 0) is 35.3 Å². The smallest absolute Gasteiger partial charge is 0.232 e. The van der Waals surface area contributed by atoms with Crippen LogP contribution in [0.4, 0.5) is 16.0 Å². The highest BCUT2D eigenvalue weighted by molar-refractivity contribution is 6.31. The van der Waals surface area contributed by atoms with E-state index in [0.29, 0.717) is 11.4 Å². The van der Waals surface area contributed by atoms with E-state index in [2.05, 4.69) is 20.3 Å². The van der Waals surface area contributed by atoms with Crippen molar-refractivity contribution in [3.05, 3.63) is 34.6 Å². The maximum absolute atomic E-state index is 13.0. The van der Waals surface area contributed by atoms with E-state index in [1.54, 1.807) is 0 Å². The summed E-state index contributed by atoms with van der Waals surface area (Å²) in [6.45, 7) is 0. The van der Waals surface area contributed by atoms with Crippen molar-refractivity contribution in [1.29, 1.82) is 0 Å². The third kappa shape index (κ3) is 2.96. The summed E-state index contributed by atoms with van der Waals surface area (Å²) in [6.07, 6.45) is 0. The first-order chi connectivity index (χ1) is 8.58. The van der Waals surface area contributed by atoms with Gasteiger partial charge in [0, 0.05) is 6.07 Å². The summed E-state index contributed by atoms with van der Waals surface area (Å²) < 4.78 is 18.0. The second kappa shape index (κ2) is 5.32. The Balaban J connectivity index is 2.33. The van der Waals surface area contributed by atoms with Crippen LogP contribution >= 0.6 is 23.2 Å². The number of aromatic nitrogens is 3. The van der Waals surface area contributed by atoms with E-state index < -0.39 is 5.82 Å². The Morgan fingerprint density at radius 1 is 1.17 bits per heavy atom. The number of hydrogen-bond donors (Lipinski definition) is 1. The summed E-state index contributed by atoms with van der Waals surface area (Å²) in [4.78, 5) is 11.3. The molecule has 2 rings (SSSR count). The number of hydrogen-bond acceptors (Lipinski definition) is 5. The summed E-state index contributed by atoms with van der Waals surface area (Å²) in [7, 11) is 1.42. The molecule has 94 valence electrons. The highest BCUT2D eigenvalue weighted by Crippen LogP contribution is 2.27. The number of methoxy groups -OCH3 is 1. The van der Waals surface area contributed by atoms with Gasteiger partial charge in [0.2, 0.25) is 16.5 Å². The van der Waals surface area contributed by atoms with Gasteiger partial charge in [-0.25, -0.2) is 4.39 Å². The predicted molar refractivity (Wildman–Crippen MR) is 66.1 cm³/mol. The highest BCUT2D eigenvalue weighted by Gasteiger charge is 2.08. The van der Waals surface area contributed by atoms with Gasteiger partial charge in [-0.3, -0.25) is 0 Å². The predicted octanol–water partition coefficient (Wildman–Crippen LogP) is 3.07. The Labute approximate surface area is 112 Å². The third-order valence-electron chi connectivity index (χ3n) is 1.99. The molecule has 0 saturated carbocycles. The van der Waals surface area contributed by atoms with Crippen molar-refractivity contribution in [2.24, 2.45) is 0 Å². The molecular weight excluding hydrogens is 282 g/mol. The fraction of sp³-hybridized carbons (Fsp3) is 0.100. The minimum absolute atomic E-state index is 0.0430. The molecule has 0 aliphatic carbocycles. The van der Waals surface area contributed by atoms with Crippen molar-refractivity contribution in [3.63, 3.8) is 0 Å². The molecule has 0 unspecified atom stereocenters. The largest absolute Gasteiger partial charge is 0.494 e. The molecule has 0 saturated heterocycles. The first kappa shape index (κ1) is 12.8. The minimum Gasteiger partial charge on any atom is -0.494 e. The van der Waals surface area contributed by atoms with Crippen LogP contribution in [-0.4, -0.2) is 22.1 Å². The van der Waals surface area contributed by atoms with Crippen LogP contribution in [0.2, 0.25) is 10.6 Å². The van der Waals surface area contributed by atoms with E-state index >= 15 is 0 Å². The maximum atomic E-state index is 13.0. The molecule has 0 atom stereocenters. The molecule has 1 aromatic carbocycles. The van der Waals surface area contributed by atoms with Gasteiger partial charge in [0.15, 0.2) is 0 Å². The first-order valence-corrected chi connectivity index (χ1v) is 5.51. The van der Waals surface area contributed by atoms with Crippen molar-refractivity contribution in [1.82, 2.24) is 15.0 Å². The van der Waals surface area contributed by atoms with E-state index in [0.717, 1.165) is 0 Å². The number of benzene rings is 1. The van der Waals surface area contributed by atoms with Crippen LogP contribution in [0.1, 0.15) is 0 Å². The van der Waals surface area contributed by atoms with E-state index in [1.807, 2.05) is 0 Å². The summed E-state index contributed by atoms with van der Waals surface area (Å²) in [5.74, 6) is 0.0386. The molecule has 0 spiro atoms. The van der Waals surface area contributed by atoms with E-state index in [1.165, 1.54) is 25.3 Å². The number of nitrogens with zero attached hydrogens (tertiary/aromatic N) is 3. The summed E-state index contributed by atoms with van der Waals surface area (Å²) in [5, 5.41) is 2.72. The van der Waals surface area contributed by atoms with Crippen LogP contribution in [0, 0.1) is 5.82 Å². The molecule has 0 fully saturated rings. The van der Waals surface area contributed by atoms with Crippen molar-refractivity contribution < 1.29 is 9.13 Å². The Hall–Kier alpha value is -1.66. The molecule has 18 heavy (non-hydrogen) atoms. The number of halogens is 3. The standard InChI is InChI=1S/C10H7Cl2FN4O/c1-18-7-4-5(13)2-3-6(7)14-10-16-8(11)15-9(12)17-10/h2-4H,1H3,(H,14,15,16,17). The molecule has 0 bridgehead atoms. The average Bonchev–Trinajstić information content (AvgIpc) is 2.30. The molecule has 1 aromatic heterocycles. The maximum Gasteiger partial charge on any atom is 0.232 e. The normalized spacial score (nSPS) is 10.2. The second-order valence-electron chi connectivity index (χ2n) is 3.17. The Bertz CT molecular complexity index is 562. The molecule has 2 aromatic rings. The topological polar surface area (TPSA) is 59.9 Å². The lowest BCUT2D eigenvalue weighted by Crippen LogP contribution is -2.01. The molecular formula is C10H7Cl2FN4O.